The van der Waals surface area contributed by atoms with E-state index in [1.807, 2.05) is 18.2 Å². The lowest BCUT2D eigenvalue weighted by Gasteiger charge is -2.15. The van der Waals surface area contributed by atoms with Crippen molar-refractivity contribution in [2.45, 2.75) is 32.3 Å². The second kappa shape index (κ2) is 8.38. The summed E-state index contributed by atoms with van der Waals surface area (Å²) in [6, 6.07) is 7.31. The van der Waals surface area contributed by atoms with Crippen molar-refractivity contribution in [3.05, 3.63) is 24.3 Å². The molecule has 1 saturated heterocycles. The summed E-state index contributed by atoms with van der Waals surface area (Å²) >= 11 is 0. The zero-order chi connectivity index (χ0) is 15.8. The minimum atomic E-state index is -0.165. The van der Waals surface area contributed by atoms with Crippen LogP contribution in [-0.4, -0.2) is 37.7 Å². The van der Waals surface area contributed by atoms with Gasteiger partial charge >= 0.3 is 0 Å². The molecule has 0 radical (unpaired) electrons. The average molecular weight is 306 g/mol. The summed E-state index contributed by atoms with van der Waals surface area (Å²) < 4.78 is 11.3. The second-order valence-electron chi connectivity index (χ2n) is 5.22. The molecule has 1 unspecified atom stereocenters. The lowest BCUT2D eigenvalue weighted by atomic mass is 10.2. The van der Waals surface area contributed by atoms with Gasteiger partial charge in [-0.25, -0.2) is 0 Å². The van der Waals surface area contributed by atoms with Crippen LogP contribution in [0.25, 0.3) is 0 Å². The Morgan fingerprint density at radius 1 is 1.36 bits per heavy atom. The number of anilines is 1. The summed E-state index contributed by atoms with van der Waals surface area (Å²) in [7, 11) is 0. The Hall–Kier alpha value is -2.08. The third-order valence-corrected chi connectivity index (χ3v) is 3.34. The fraction of sp³-hybridized carbons (Fsp3) is 0.500. The molecule has 2 amide bonds. The normalized spacial score (nSPS) is 17.0. The number of carbonyl (C=O) groups excluding carboxylic acids is 2. The Kier molecular flexibility index (Phi) is 6.21. The number of hydrogen-bond acceptors (Lipinski definition) is 4. The molecule has 6 heteroatoms. The van der Waals surface area contributed by atoms with E-state index < -0.39 is 0 Å². The SMILES string of the molecule is CC(=O)NCCC(=O)Nc1ccccc1OCC1CCCO1. The first-order valence-corrected chi connectivity index (χ1v) is 7.53. The van der Waals surface area contributed by atoms with E-state index in [0.29, 0.717) is 24.6 Å². The Balaban J connectivity index is 1.84. The van der Waals surface area contributed by atoms with E-state index in [9.17, 15) is 9.59 Å². The van der Waals surface area contributed by atoms with Crippen molar-refractivity contribution in [1.29, 1.82) is 0 Å². The molecule has 0 aromatic heterocycles. The molecule has 2 N–H and O–H groups in total. The van der Waals surface area contributed by atoms with Crippen LogP contribution in [0.3, 0.4) is 0 Å². The van der Waals surface area contributed by atoms with Gasteiger partial charge in [0.15, 0.2) is 0 Å². The van der Waals surface area contributed by atoms with Gasteiger partial charge in [0.25, 0.3) is 0 Å². The molecule has 0 aliphatic carbocycles. The molecular weight excluding hydrogens is 284 g/mol. The number of ether oxygens (including phenoxy) is 2. The van der Waals surface area contributed by atoms with Crippen LogP contribution in [0.1, 0.15) is 26.2 Å². The van der Waals surface area contributed by atoms with Crippen molar-refractivity contribution in [3.63, 3.8) is 0 Å². The molecule has 1 atom stereocenters. The molecule has 1 fully saturated rings. The van der Waals surface area contributed by atoms with Crippen LogP contribution in [0, 0.1) is 0 Å². The largest absolute Gasteiger partial charge is 0.489 e. The summed E-state index contributed by atoms with van der Waals surface area (Å²) in [5.41, 5.74) is 0.633. The Labute approximate surface area is 130 Å². The topological polar surface area (TPSA) is 76.7 Å². The van der Waals surface area contributed by atoms with Crippen molar-refractivity contribution in [1.82, 2.24) is 5.32 Å². The Bertz CT molecular complexity index is 513. The molecule has 6 nitrogen and oxygen atoms in total. The van der Waals surface area contributed by atoms with Crippen molar-refractivity contribution in [3.8, 4) is 5.75 Å². The van der Waals surface area contributed by atoms with Gasteiger partial charge in [0.05, 0.1) is 11.8 Å². The third kappa shape index (κ3) is 5.37. The smallest absolute Gasteiger partial charge is 0.226 e. The first-order chi connectivity index (χ1) is 10.6. The second-order valence-corrected chi connectivity index (χ2v) is 5.22. The maximum atomic E-state index is 11.9. The maximum Gasteiger partial charge on any atom is 0.226 e. The van der Waals surface area contributed by atoms with E-state index in [2.05, 4.69) is 10.6 Å². The summed E-state index contributed by atoms with van der Waals surface area (Å²) in [5.74, 6) is 0.320. The summed E-state index contributed by atoms with van der Waals surface area (Å²) in [4.78, 5) is 22.6. The lowest BCUT2D eigenvalue weighted by molar-refractivity contribution is -0.119. The molecule has 22 heavy (non-hydrogen) atoms. The summed E-state index contributed by atoms with van der Waals surface area (Å²) in [6.07, 6.45) is 2.42. The van der Waals surface area contributed by atoms with Gasteiger partial charge in [-0.15, -0.1) is 0 Å². The zero-order valence-electron chi connectivity index (χ0n) is 12.8. The van der Waals surface area contributed by atoms with Gasteiger partial charge in [-0.1, -0.05) is 12.1 Å². The van der Waals surface area contributed by atoms with Gasteiger partial charge in [-0.2, -0.15) is 0 Å². The van der Waals surface area contributed by atoms with Gasteiger partial charge in [-0.3, -0.25) is 9.59 Å². The third-order valence-electron chi connectivity index (χ3n) is 3.34. The first-order valence-electron chi connectivity index (χ1n) is 7.53. The summed E-state index contributed by atoms with van der Waals surface area (Å²) in [6.45, 7) is 3.01. The fourth-order valence-electron chi connectivity index (χ4n) is 2.22. The van der Waals surface area contributed by atoms with Gasteiger partial charge in [0.1, 0.15) is 12.4 Å². The van der Waals surface area contributed by atoms with Crippen molar-refractivity contribution in [2.24, 2.45) is 0 Å². The molecular formula is C16H22N2O4. The molecule has 1 heterocycles. The maximum absolute atomic E-state index is 11.9. The van der Waals surface area contributed by atoms with Crippen molar-refractivity contribution < 1.29 is 19.1 Å². The van der Waals surface area contributed by atoms with Gasteiger partial charge < -0.3 is 20.1 Å². The van der Waals surface area contributed by atoms with Gasteiger partial charge in [-0.05, 0) is 25.0 Å². The number of para-hydroxylation sites is 2. The number of rotatable bonds is 7. The molecule has 0 spiro atoms. The molecule has 120 valence electrons. The number of hydrogen-bond donors (Lipinski definition) is 2. The van der Waals surface area contributed by atoms with Crippen LogP contribution in [0.2, 0.25) is 0 Å². The molecule has 0 saturated carbocycles. The van der Waals surface area contributed by atoms with Gasteiger partial charge in [0, 0.05) is 26.5 Å². The quantitative estimate of drug-likeness (QED) is 0.804. The van der Waals surface area contributed by atoms with E-state index in [-0.39, 0.29) is 24.3 Å². The molecule has 2 rings (SSSR count). The first kappa shape index (κ1) is 16.3. The van der Waals surface area contributed by atoms with E-state index in [1.54, 1.807) is 6.07 Å². The molecule has 0 bridgehead atoms. The predicted molar refractivity (Wildman–Crippen MR) is 82.8 cm³/mol. The van der Waals surface area contributed by atoms with Crippen LogP contribution in [0.15, 0.2) is 24.3 Å². The number of amides is 2. The Morgan fingerprint density at radius 3 is 2.91 bits per heavy atom. The highest BCUT2D eigenvalue weighted by molar-refractivity contribution is 5.92. The molecule has 1 aromatic carbocycles. The monoisotopic (exact) mass is 306 g/mol. The van der Waals surface area contributed by atoms with Crippen LogP contribution < -0.4 is 15.4 Å². The summed E-state index contributed by atoms with van der Waals surface area (Å²) in [5, 5.41) is 5.40. The minimum absolute atomic E-state index is 0.128. The van der Waals surface area contributed by atoms with Crippen LogP contribution in [0.4, 0.5) is 5.69 Å². The minimum Gasteiger partial charge on any atom is -0.489 e. The lowest BCUT2D eigenvalue weighted by Crippen LogP contribution is -2.25. The fourth-order valence-corrected chi connectivity index (χ4v) is 2.22. The van der Waals surface area contributed by atoms with E-state index in [1.165, 1.54) is 6.92 Å². The van der Waals surface area contributed by atoms with Crippen molar-refractivity contribution in [2.75, 3.05) is 25.1 Å². The molecule has 1 aliphatic heterocycles. The number of nitrogens with one attached hydrogen (secondary N) is 2. The van der Waals surface area contributed by atoms with E-state index in [4.69, 9.17) is 9.47 Å². The molecule has 1 aromatic rings. The van der Waals surface area contributed by atoms with Crippen molar-refractivity contribution >= 4 is 17.5 Å². The highest BCUT2D eigenvalue weighted by atomic mass is 16.5. The predicted octanol–water partition coefficient (Wildman–Crippen LogP) is 1.71. The molecule has 1 aliphatic rings. The highest BCUT2D eigenvalue weighted by Gasteiger charge is 2.17. The van der Waals surface area contributed by atoms with Crippen LogP contribution >= 0.6 is 0 Å². The Morgan fingerprint density at radius 2 is 2.18 bits per heavy atom. The average Bonchev–Trinajstić information content (AvgIpc) is 2.99. The van der Waals surface area contributed by atoms with Crippen LogP contribution in [0.5, 0.6) is 5.75 Å². The standard InChI is InChI=1S/C16H22N2O4/c1-12(19)17-9-8-16(20)18-14-6-2-3-7-15(14)22-11-13-5-4-10-21-13/h2-3,6-7,13H,4-5,8-11H2,1H3,(H,17,19)(H,18,20). The number of benzene rings is 1. The van der Waals surface area contributed by atoms with E-state index >= 15 is 0 Å². The zero-order valence-corrected chi connectivity index (χ0v) is 12.8. The number of carbonyl (C=O) groups is 2. The van der Waals surface area contributed by atoms with E-state index in [0.717, 1.165) is 19.4 Å². The van der Waals surface area contributed by atoms with Crippen LogP contribution in [-0.2, 0) is 14.3 Å². The highest BCUT2D eigenvalue weighted by Crippen LogP contribution is 2.25. The van der Waals surface area contributed by atoms with Gasteiger partial charge in [0.2, 0.25) is 11.8 Å².